The monoisotopic (exact) mass is 457 g/mol. The Morgan fingerprint density at radius 2 is 1.72 bits per heavy atom. The van der Waals surface area contributed by atoms with E-state index >= 15 is 0 Å². The Bertz CT molecular complexity index is 924. The summed E-state index contributed by atoms with van der Waals surface area (Å²) in [6.45, 7) is 11.2. The van der Waals surface area contributed by atoms with Crippen LogP contribution in [-0.4, -0.2) is 18.9 Å². The number of benzene rings is 2. The van der Waals surface area contributed by atoms with Crippen LogP contribution in [0.15, 0.2) is 46.6 Å². The minimum Gasteiger partial charge on any atom is -0.872 e. The van der Waals surface area contributed by atoms with E-state index in [1.54, 1.807) is 12.1 Å². The third kappa shape index (κ3) is 5.09. The molecular formula is C24H28BrNO3. The molecule has 0 saturated carbocycles. The fourth-order valence-corrected chi connectivity index (χ4v) is 4.22. The summed E-state index contributed by atoms with van der Waals surface area (Å²) in [5.74, 6) is 1.49. The van der Waals surface area contributed by atoms with Gasteiger partial charge in [0.25, 0.3) is 0 Å². The van der Waals surface area contributed by atoms with Crippen molar-refractivity contribution in [3.63, 3.8) is 0 Å². The topological polar surface area (TPSA) is 53.8 Å². The highest BCUT2D eigenvalue weighted by Gasteiger charge is 2.31. The van der Waals surface area contributed by atoms with Crippen LogP contribution in [-0.2, 0) is 6.54 Å². The van der Waals surface area contributed by atoms with E-state index in [9.17, 15) is 9.90 Å². The second kappa shape index (κ2) is 9.14. The second-order valence-corrected chi connectivity index (χ2v) is 9.36. The largest absolute Gasteiger partial charge is 0.872 e. The lowest BCUT2D eigenvalue weighted by atomic mass is 10.0. The van der Waals surface area contributed by atoms with E-state index in [0.29, 0.717) is 35.3 Å². The number of quaternary nitrogens is 1. The lowest BCUT2D eigenvalue weighted by molar-refractivity contribution is -0.919. The minimum atomic E-state index is -0.175. The van der Waals surface area contributed by atoms with Gasteiger partial charge in [-0.25, -0.2) is 0 Å². The normalized spacial score (nSPS) is 14.9. The van der Waals surface area contributed by atoms with Crippen molar-refractivity contribution in [2.45, 2.75) is 34.2 Å². The molecule has 0 fully saturated rings. The molecule has 1 heterocycles. The average molecular weight is 458 g/mol. The van der Waals surface area contributed by atoms with Gasteiger partial charge in [-0.15, -0.1) is 0 Å². The van der Waals surface area contributed by atoms with Gasteiger partial charge in [0.2, 0.25) is 5.78 Å². The molecule has 4 nitrogen and oxygen atoms in total. The number of Topliss-reactive ketones (excluding diaryl/α,β-unsaturated/α-hetero) is 1. The molecule has 0 saturated heterocycles. The van der Waals surface area contributed by atoms with Gasteiger partial charge in [0.1, 0.15) is 12.3 Å². The second-order valence-electron chi connectivity index (χ2n) is 8.50. The van der Waals surface area contributed by atoms with Crippen molar-refractivity contribution < 1.29 is 19.5 Å². The Balaban J connectivity index is 1.94. The maximum Gasteiger partial charge on any atom is 0.231 e. The zero-order valence-corrected chi connectivity index (χ0v) is 19.0. The molecule has 0 atom stereocenters. The summed E-state index contributed by atoms with van der Waals surface area (Å²) in [4.78, 5) is 14.2. The highest BCUT2D eigenvalue weighted by Crippen LogP contribution is 2.38. The molecule has 0 radical (unpaired) electrons. The number of nitrogens with one attached hydrogen (secondary N) is 1. The summed E-state index contributed by atoms with van der Waals surface area (Å²) >= 11 is 3.50. The van der Waals surface area contributed by atoms with E-state index in [4.69, 9.17) is 4.74 Å². The predicted octanol–water partition coefficient (Wildman–Crippen LogP) is 3.84. The molecule has 0 amide bonds. The van der Waals surface area contributed by atoms with Crippen molar-refractivity contribution in [3.05, 3.63) is 63.3 Å². The van der Waals surface area contributed by atoms with E-state index in [2.05, 4.69) is 43.6 Å². The van der Waals surface area contributed by atoms with Crippen LogP contribution >= 0.6 is 15.9 Å². The van der Waals surface area contributed by atoms with Crippen molar-refractivity contribution in [2.24, 2.45) is 11.8 Å². The molecule has 3 rings (SSSR count). The summed E-state index contributed by atoms with van der Waals surface area (Å²) in [5.41, 5.74) is 1.94. The van der Waals surface area contributed by atoms with Crippen LogP contribution in [0.5, 0.6) is 11.5 Å². The molecule has 1 aliphatic rings. The van der Waals surface area contributed by atoms with Crippen LogP contribution in [0.1, 0.15) is 49.2 Å². The summed E-state index contributed by atoms with van der Waals surface area (Å²) in [6, 6.07) is 10.7. The van der Waals surface area contributed by atoms with E-state index in [1.807, 2.05) is 24.3 Å². The van der Waals surface area contributed by atoms with E-state index in [1.165, 1.54) is 11.0 Å². The number of hydrogen-bond donors (Lipinski definition) is 1. The number of carbonyl (C=O) groups excluding carboxylic acids is 1. The van der Waals surface area contributed by atoms with E-state index in [0.717, 1.165) is 23.1 Å². The molecule has 0 spiro atoms. The van der Waals surface area contributed by atoms with E-state index in [-0.39, 0.29) is 17.3 Å². The maximum atomic E-state index is 12.9. The number of ether oxygens (including phenoxy) is 1. The first-order valence-electron chi connectivity index (χ1n) is 10.1. The van der Waals surface area contributed by atoms with E-state index < -0.39 is 0 Å². The molecule has 1 aliphatic heterocycles. The number of hydrogen-bond acceptors (Lipinski definition) is 3. The van der Waals surface area contributed by atoms with Gasteiger partial charge in [-0.3, -0.25) is 4.79 Å². The highest BCUT2D eigenvalue weighted by molar-refractivity contribution is 9.10. The zero-order chi connectivity index (χ0) is 21.1. The number of ketones is 1. The fourth-order valence-electron chi connectivity index (χ4n) is 3.82. The van der Waals surface area contributed by atoms with Crippen molar-refractivity contribution in [1.82, 2.24) is 0 Å². The molecule has 0 aromatic heterocycles. The van der Waals surface area contributed by atoms with Gasteiger partial charge in [-0.2, -0.15) is 0 Å². The number of allylic oxidation sites excluding steroid dienone is 1. The van der Waals surface area contributed by atoms with Crippen molar-refractivity contribution in [2.75, 3.05) is 13.1 Å². The van der Waals surface area contributed by atoms with Gasteiger partial charge >= 0.3 is 0 Å². The lowest BCUT2D eigenvalue weighted by Crippen LogP contribution is -3.11. The smallest absolute Gasteiger partial charge is 0.231 e. The van der Waals surface area contributed by atoms with Crippen molar-refractivity contribution in [1.29, 1.82) is 0 Å². The zero-order valence-electron chi connectivity index (χ0n) is 17.4. The van der Waals surface area contributed by atoms with Crippen molar-refractivity contribution in [3.8, 4) is 11.5 Å². The first-order chi connectivity index (χ1) is 13.8. The quantitative estimate of drug-likeness (QED) is 0.642. The Kier molecular flexibility index (Phi) is 6.81. The SMILES string of the molecule is CC(C)C[NH+](Cc1c([O-])ccc2c1O/C(=C\c1ccccc1Br)C2=O)CC(C)C. The molecule has 1 N–H and O–H groups in total. The van der Waals surface area contributed by atoms with Crippen molar-refractivity contribution >= 4 is 27.8 Å². The molecule has 0 aliphatic carbocycles. The number of fused-ring (bicyclic) bond motifs is 1. The molecular weight excluding hydrogens is 430 g/mol. The van der Waals surface area contributed by atoms with Crippen LogP contribution in [0.4, 0.5) is 0 Å². The maximum absolute atomic E-state index is 12.9. The molecule has 0 unspecified atom stereocenters. The summed E-state index contributed by atoms with van der Waals surface area (Å²) in [7, 11) is 0. The summed E-state index contributed by atoms with van der Waals surface area (Å²) in [6.07, 6.45) is 1.73. The summed E-state index contributed by atoms with van der Waals surface area (Å²) in [5, 5.41) is 12.7. The van der Waals surface area contributed by atoms with Crippen LogP contribution in [0.25, 0.3) is 6.08 Å². The molecule has 2 aromatic rings. The van der Waals surface area contributed by atoms with Gasteiger partial charge in [-0.05, 0) is 23.8 Å². The van der Waals surface area contributed by atoms with Gasteiger partial charge in [0, 0.05) is 21.9 Å². The molecule has 29 heavy (non-hydrogen) atoms. The number of carbonyl (C=O) groups is 1. The van der Waals surface area contributed by atoms with Crippen LogP contribution in [0.3, 0.4) is 0 Å². The van der Waals surface area contributed by atoms with Gasteiger partial charge in [-0.1, -0.05) is 73.6 Å². The Labute approximate surface area is 181 Å². The number of halogens is 1. The third-order valence-electron chi connectivity index (χ3n) is 4.91. The van der Waals surface area contributed by atoms with Gasteiger partial charge in [0.05, 0.1) is 18.7 Å². The van der Waals surface area contributed by atoms with Crippen LogP contribution in [0.2, 0.25) is 0 Å². The molecule has 154 valence electrons. The van der Waals surface area contributed by atoms with Gasteiger partial charge < -0.3 is 14.7 Å². The minimum absolute atomic E-state index is 0.0660. The first kappa shape index (κ1) is 21.6. The standard InChI is InChI=1S/C24H28BrNO3/c1-15(2)12-26(13-16(3)4)14-19-21(27)10-9-18-23(28)22(29-24(18)19)11-17-7-5-6-8-20(17)25/h5-11,15-16,27H,12-14H2,1-4H3/b22-11-. The first-order valence-corrected chi connectivity index (χ1v) is 10.9. The average Bonchev–Trinajstić information content (AvgIpc) is 2.94. The van der Waals surface area contributed by atoms with Crippen LogP contribution in [0, 0.1) is 11.8 Å². The molecule has 0 bridgehead atoms. The third-order valence-corrected chi connectivity index (χ3v) is 5.63. The van der Waals surface area contributed by atoms with Gasteiger partial charge in [0.15, 0.2) is 5.76 Å². The number of rotatable bonds is 7. The fraction of sp³-hybridized carbons (Fsp3) is 0.375. The summed E-state index contributed by atoms with van der Waals surface area (Å²) < 4.78 is 6.86. The Morgan fingerprint density at radius 3 is 2.34 bits per heavy atom. The Morgan fingerprint density at radius 1 is 1.07 bits per heavy atom. The lowest BCUT2D eigenvalue weighted by Gasteiger charge is -2.26. The van der Waals surface area contributed by atoms with Crippen LogP contribution < -0.4 is 14.7 Å². The Hall–Kier alpha value is -2.11. The predicted molar refractivity (Wildman–Crippen MR) is 117 cm³/mol. The molecule has 5 heteroatoms. The highest BCUT2D eigenvalue weighted by atomic mass is 79.9. The molecule has 2 aromatic carbocycles.